The van der Waals surface area contributed by atoms with Gasteiger partial charge >= 0.3 is 0 Å². The summed E-state index contributed by atoms with van der Waals surface area (Å²) in [6.07, 6.45) is 10.0. The van der Waals surface area contributed by atoms with E-state index in [4.69, 9.17) is 4.74 Å². The predicted octanol–water partition coefficient (Wildman–Crippen LogP) is 2.23. The second kappa shape index (κ2) is 14.2. The second-order valence-corrected chi connectivity index (χ2v) is 16.9. The first-order valence-electron chi connectivity index (χ1n) is 19.8. The number of nitrogens with zero attached hydrogens (tertiary/aromatic N) is 4. The molecule has 12 atom stereocenters. The van der Waals surface area contributed by atoms with Gasteiger partial charge in [0.05, 0.1) is 35.9 Å². The van der Waals surface area contributed by atoms with E-state index in [-0.39, 0.29) is 53.7 Å². The minimum Gasteiger partial charge on any atom is -0.369 e. The van der Waals surface area contributed by atoms with Crippen LogP contribution >= 0.6 is 0 Å². The number of likely N-dealkylation sites (tertiary alicyclic amines) is 1. The minimum atomic E-state index is -1.26. The quantitative estimate of drug-likeness (QED) is 0.281. The molecule has 1 amide bonds. The molecule has 0 bridgehead atoms. The molecule has 11 heteroatoms. The van der Waals surface area contributed by atoms with Crippen molar-refractivity contribution in [2.24, 2.45) is 29.6 Å². The summed E-state index contributed by atoms with van der Waals surface area (Å²) in [5.41, 5.74) is 0.170. The molecule has 272 valence electrons. The molecular weight excluding hydrogens is 623 g/mol. The van der Waals surface area contributed by atoms with Gasteiger partial charge < -0.3 is 35.0 Å². The van der Waals surface area contributed by atoms with Gasteiger partial charge in [-0.15, -0.1) is 0 Å². The number of carbonyl (C=O) groups is 3. The minimum absolute atomic E-state index is 0.00856. The summed E-state index contributed by atoms with van der Waals surface area (Å²) in [5.74, 6) is 0.165. The molecule has 0 aromatic rings. The zero-order valence-corrected chi connectivity index (χ0v) is 29.7. The highest BCUT2D eigenvalue weighted by Crippen LogP contribution is 2.56. The van der Waals surface area contributed by atoms with Crippen molar-refractivity contribution in [2.75, 3.05) is 66.5 Å². The van der Waals surface area contributed by atoms with Crippen LogP contribution in [-0.2, 0) is 19.1 Å². The second-order valence-electron chi connectivity index (χ2n) is 16.9. The lowest BCUT2D eigenvalue weighted by Crippen LogP contribution is -2.73. The van der Waals surface area contributed by atoms with Gasteiger partial charge in [-0.1, -0.05) is 12.8 Å². The maximum atomic E-state index is 16.3. The molecule has 8 rings (SSSR count). The number of amides is 1. The fraction of sp³-hybridized carbons (Fsp3) is 0.868. The molecule has 10 nitrogen and oxygen atoms in total. The number of hydrogen-bond donors (Lipinski definition) is 2. The number of hydrogen-bond acceptors (Lipinski definition) is 9. The maximum absolute atomic E-state index is 16.3. The van der Waals surface area contributed by atoms with Gasteiger partial charge in [0.2, 0.25) is 0 Å². The molecule has 3 saturated heterocycles. The number of piperazine rings is 1. The van der Waals surface area contributed by atoms with Gasteiger partial charge in [-0.05, 0) is 103 Å². The van der Waals surface area contributed by atoms with Crippen LogP contribution in [-0.4, -0.2) is 146 Å². The molecule has 0 aromatic heterocycles. The molecule has 7 fully saturated rings. The summed E-state index contributed by atoms with van der Waals surface area (Å²) < 4.78 is 23.3. The molecule has 8 aliphatic rings. The zero-order valence-electron chi connectivity index (χ0n) is 29.7. The molecule has 0 spiro atoms. The molecule has 4 aliphatic carbocycles. The van der Waals surface area contributed by atoms with E-state index in [9.17, 15) is 14.4 Å². The highest BCUT2D eigenvalue weighted by molar-refractivity contribution is 6.20. The van der Waals surface area contributed by atoms with Gasteiger partial charge in [-0.3, -0.25) is 14.4 Å². The number of Topliss-reactive ketones (excluding diaryl/α,β-unsaturated/α-hetero) is 2. The Hall–Kier alpha value is -1.92. The third-order valence-electron chi connectivity index (χ3n) is 14.3. The number of rotatable bonds is 9. The Balaban J connectivity index is 1.02. The van der Waals surface area contributed by atoms with E-state index in [1.165, 1.54) is 19.3 Å². The van der Waals surface area contributed by atoms with E-state index in [1.807, 2.05) is 6.20 Å². The van der Waals surface area contributed by atoms with Crippen molar-refractivity contribution in [1.29, 1.82) is 0 Å². The van der Waals surface area contributed by atoms with Crippen molar-refractivity contribution in [2.45, 2.75) is 113 Å². The number of morpholine rings is 1. The number of halogens is 1. The number of nitrogens with one attached hydrogen (secondary N) is 2. The van der Waals surface area contributed by atoms with Gasteiger partial charge in [-0.25, -0.2) is 4.39 Å². The van der Waals surface area contributed by atoms with E-state index >= 15 is 4.39 Å². The number of ketones is 2. The number of ether oxygens (including phenoxy) is 1. The molecule has 4 heterocycles. The molecule has 49 heavy (non-hydrogen) atoms. The van der Waals surface area contributed by atoms with Crippen LogP contribution in [0.15, 0.2) is 11.8 Å². The summed E-state index contributed by atoms with van der Waals surface area (Å²) in [6.45, 7) is 7.40. The van der Waals surface area contributed by atoms with Gasteiger partial charge in [-0.2, -0.15) is 0 Å². The first-order valence-corrected chi connectivity index (χ1v) is 19.8. The first kappa shape index (κ1) is 34.2. The normalized spacial score (nSPS) is 42.7. The number of fused-ring (bicyclic) bond motifs is 5. The van der Waals surface area contributed by atoms with Crippen molar-refractivity contribution in [3.05, 3.63) is 11.8 Å². The standard InChI is InChI=1S/C38H59FN6O4/c1-42-15-17-44(18-16-42)14-6-11-41-38(48)29-22-45-31-20-26-24-8-3-4-9-25(24)35(46)27(26)21-32(31)49-37-33(30(39)19-28(34(37)45)36(29)47)40-12-10-23-7-5-13-43(23)2/h22-28,30-34,37,40H,3-21H2,1-2H3,(H,41,48). The van der Waals surface area contributed by atoms with Crippen LogP contribution in [0.4, 0.5) is 4.39 Å². The topological polar surface area (TPSA) is 97.5 Å². The third-order valence-corrected chi connectivity index (χ3v) is 14.3. The van der Waals surface area contributed by atoms with Crippen LogP contribution in [0.5, 0.6) is 0 Å². The third kappa shape index (κ3) is 6.42. The lowest BCUT2D eigenvalue weighted by Gasteiger charge is -2.60. The smallest absolute Gasteiger partial charge is 0.256 e. The Morgan fingerprint density at radius 3 is 2.53 bits per heavy atom. The van der Waals surface area contributed by atoms with Crippen molar-refractivity contribution in [3.63, 3.8) is 0 Å². The van der Waals surface area contributed by atoms with Gasteiger partial charge in [0, 0.05) is 62.7 Å². The summed E-state index contributed by atoms with van der Waals surface area (Å²) in [5, 5.41) is 6.63. The fourth-order valence-corrected chi connectivity index (χ4v) is 11.6. The average molecular weight is 683 g/mol. The van der Waals surface area contributed by atoms with E-state index in [0.717, 1.165) is 77.8 Å². The van der Waals surface area contributed by atoms with Crippen LogP contribution in [0.2, 0.25) is 0 Å². The summed E-state index contributed by atoms with van der Waals surface area (Å²) in [6, 6.07) is -0.348. The summed E-state index contributed by atoms with van der Waals surface area (Å²) >= 11 is 0. The van der Waals surface area contributed by atoms with Crippen LogP contribution in [0.3, 0.4) is 0 Å². The van der Waals surface area contributed by atoms with Gasteiger partial charge in [0.25, 0.3) is 5.91 Å². The highest BCUT2D eigenvalue weighted by atomic mass is 19.1. The van der Waals surface area contributed by atoms with E-state index < -0.39 is 24.2 Å². The monoisotopic (exact) mass is 682 g/mol. The SMILES string of the molecule is CN1CCN(CCCNC(=O)C2=CN3C4CC5C(CC4OC4C(NCCC6CCCN6C)C(F)CC(C2=O)C43)C(=O)C2CCCCC25)CC1. The van der Waals surface area contributed by atoms with Crippen molar-refractivity contribution in [3.8, 4) is 0 Å². The van der Waals surface area contributed by atoms with Crippen molar-refractivity contribution in [1.82, 2.24) is 30.2 Å². The zero-order chi connectivity index (χ0) is 33.8. The van der Waals surface area contributed by atoms with Gasteiger partial charge in [0.15, 0.2) is 5.78 Å². The predicted molar refractivity (Wildman–Crippen MR) is 184 cm³/mol. The number of carbonyl (C=O) groups excluding carboxylic acids is 3. The summed E-state index contributed by atoms with van der Waals surface area (Å²) in [4.78, 5) is 51.0. The lowest BCUT2D eigenvalue weighted by molar-refractivity contribution is -0.206. The van der Waals surface area contributed by atoms with Gasteiger partial charge in [0.1, 0.15) is 12.0 Å². The van der Waals surface area contributed by atoms with E-state index in [1.54, 1.807) is 0 Å². The Morgan fingerprint density at radius 1 is 0.918 bits per heavy atom. The average Bonchev–Trinajstić information content (AvgIpc) is 3.64. The van der Waals surface area contributed by atoms with Crippen molar-refractivity contribution >= 4 is 17.5 Å². The van der Waals surface area contributed by atoms with Crippen LogP contribution in [0.1, 0.15) is 70.6 Å². The molecule has 12 unspecified atom stereocenters. The Labute approximate surface area is 291 Å². The maximum Gasteiger partial charge on any atom is 0.256 e. The molecule has 0 aromatic carbocycles. The molecule has 4 saturated carbocycles. The summed E-state index contributed by atoms with van der Waals surface area (Å²) in [7, 11) is 4.31. The molecule has 4 aliphatic heterocycles. The fourth-order valence-electron chi connectivity index (χ4n) is 11.6. The molecule has 2 N–H and O–H groups in total. The Morgan fingerprint density at radius 2 is 1.73 bits per heavy atom. The van der Waals surface area contributed by atoms with Crippen LogP contribution in [0, 0.1) is 29.6 Å². The first-order chi connectivity index (χ1) is 23.8. The molecule has 0 radical (unpaired) electrons. The van der Waals surface area contributed by atoms with Crippen LogP contribution < -0.4 is 10.6 Å². The van der Waals surface area contributed by atoms with Crippen molar-refractivity contribution < 1.29 is 23.5 Å². The number of likely N-dealkylation sites (N-methyl/N-ethyl adjacent to an activating group) is 1. The van der Waals surface area contributed by atoms with E-state index in [2.05, 4.69) is 44.3 Å². The Bertz CT molecular complexity index is 1290. The Kier molecular flexibility index (Phi) is 9.94. The van der Waals surface area contributed by atoms with E-state index in [0.29, 0.717) is 43.2 Å². The molecular formula is C38H59FN6O4. The van der Waals surface area contributed by atoms with Crippen LogP contribution in [0.25, 0.3) is 0 Å². The largest absolute Gasteiger partial charge is 0.369 e. The number of alkyl halides is 1. The highest BCUT2D eigenvalue weighted by Gasteiger charge is 2.62. The lowest BCUT2D eigenvalue weighted by atomic mass is 9.66.